The highest BCUT2D eigenvalue weighted by Gasteiger charge is 2.43. The topological polar surface area (TPSA) is 32.7 Å². The summed E-state index contributed by atoms with van der Waals surface area (Å²) in [5.41, 5.74) is 1.31. The quantitative estimate of drug-likeness (QED) is 0.597. The summed E-state index contributed by atoms with van der Waals surface area (Å²) in [7, 11) is 4.13. The summed E-state index contributed by atoms with van der Waals surface area (Å²) < 4.78 is 6.00. The lowest BCUT2D eigenvalue weighted by Gasteiger charge is -2.44. The number of benzene rings is 1. The molecule has 24 heavy (non-hydrogen) atoms. The minimum Gasteiger partial charge on any atom is -0.385 e. The fraction of sp³-hybridized carbons (Fsp3) is 0.600. The maximum absolute atomic E-state index is 11.6. The third-order valence-corrected chi connectivity index (χ3v) is 5.52. The van der Waals surface area contributed by atoms with Crippen molar-refractivity contribution in [2.75, 3.05) is 33.5 Å². The number of nitrogens with zero attached hydrogens (tertiary/aromatic N) is 1. The lowest BCUT2D eigenvalue weighted by Crippen LogP contribution is -2.47. The molecule has 0 amide bonds. The van der Waals surface area contributed by atoms with Crippen LogP contribution in [0, 0.1) is 5.92 Å². The van der Waals surface area contributed by atoms with Gasteiger partial charge in [0.05, 0.1) is 18.3 Å². The Hall–Kier alpha value is -0.810. The van der Waals surface area contributed by atoms with E-state index in [0.29, 0.717) is 6.61 Å². The van der Waals surface area contributed by atoms with Gasteiger partial charge in [0.1, 0.15) is 0 Å². The molecule has 0 spiro atoms. The third-order valence-electron chi connectivity index (χ3n) is 4.79. The van der Waals surface area contributed by atoms with Crippen molar-refractivity contribution in [3.05, 3.63) is 42.0 Å². The molecule has 1 aliphatic carbocycles. The first-order valence-corrected chi connectivity index (χ1v) is 9.85. The predicted molar refractivity (Wildman–Crippen MR) is 103 cm³/mol. The van der Waals surface area contributed by atoms with Crippen molar-refractivity contribution in [2.45, 2.75) is 42.8 Å². The summed E-state index contributed by atoms with van der Waals surface area (Å²) in [5.74, 6) is 0.161. The molecule has 1 aliphatic rings. The van der Waals surface area contributed by atoms with Crippen LogP contribution in [0.4, 0.5) is 0 Å². The van der Waals surface area contributed by atoms with Crippen molar-refractivity contribution < 1.29 is 9.84 Å². The van der Waals surface area contributed by atoms with Gasteiger partial charge in [-0.15, -0.1) is 11.8 Å². The van der Waals surface area contributed by atoms with Crippen LogP contribution in [0.5, 0.6) is 0 Å². The summed E-state index contributed by atoms with van der Waals surface area (Å²) in [4.78, 5) is 3.36. The summed E-state index contributed by atoms with van der Waals surface area (Å²) in [6.07, 6.45) is 4.78. The molecule has 0 aromatic heterocycles. The maximum Gasteiger partial charge on any atom is 0.0939 e. The van der Waals surface area contributed by atoms with Gasteiger partial charge in [0.15, 0.2) is 0 Å². The Morgan fingerprint density at radius 2 is 2.21 bits per heavy atom. The van der Waals surface area contributed by atoms with Crippen molar-refractivity contribution in [1.82, 2.24) is 4.90 Å². The molecule has 0 heterocycles. The number of thioether (sulfide) groups is 1. The molecule has 0 bridgehead atoms. The predicted octanol–water partition coefficient (Wildman–Crippen LogP) is 3.92. The molecule has 0 aliphatic heterocycles. The van der Waals surface area contributed by atoms with Crippen molar-refractivity contribution in [3.63, 3.8) is 0 Å². The van der Waals surface area contributed by atoms with E-state index in [4.69, 9.17) is 4.74 Å². The molecule has 134 valence electrons. The van der Waals surface area contributed by atoms with Gasteiger partial charge >= 0.3 is 0 Å². The molecule has 0 radical (unpaired) electrons. The average molecular weight is 350 g/mol. The lowest BCUT2D eigenvalue weighted by atomic mass is 9.70. The van der Waals surface area contributed by atoms with E-state index in [-0.39, 0.29) is 12.0 Å². The average Bonchev–Trinajstić information content (AvgIpc) is 2.55. The Morgan fingerprint density at radius 1 is 1.46 bits per heavy atom. The highest BCUT2D eigenvalue weighted by molar-refractivity contribution is 7.98. The first-order valence-electron chi connectivity index (χ1n) is 8.62. The van der Waals surface area contributed by atoms with E-state index in [1.807, 2.05) is 6.92 Å². The zero-order chi connectivity index (χ0) is 17.7. The Bertz CT molecular complexity index is 560. The van der Waals surface area contributed by atoms with Crippen LogP contribution in [0.2, 0.25) is 0 Å². The van der Waals surface area contributed by atoms with Crippen LogP contribution < -0.4 is 0 Å². The molecular weight excluding hydrogens is 318 g/mol. The molecular formula is C20H31NO2S. The molecule has 1 aromatic carbocycles. The van der Waals surface area contributed by atoms with Crippen LogP contribution >= 0.6 is 11.8 Å². The number of hydrogen-bond acceptors (Lipinski definition) is 4. The molecule has 0 saturated heterocycles. The number of hydrogen-bond donors (Lipinski definition) is 1. The molecule has 2 rings (SSSR count). The van der Waals surface area contributed by atoms with E-state index in [9.17, 15) is 5.11 Å². The molecule has 3 unspecified atom stereocenters. The third kappa shape index (κ3) is 4.85. The zero-order valence-electron chi connectivity index (χ0n) is 15.4. The SMILES string of the molecule is C=C(C)COC1CCC(O)(c2cccc(SC)c2)C(CN(C)C)C1. The number of ether oxygens (including phenoxy) is 1. The van der Waals surface area contributed by atoms with Gasteiger partial charge in [-0.05, 0) is 64.2 Å². The minimum atomic E-state index is -0.779. The van der Waals surface area contributed by atoms with Crippen LogP contribution in [0.15, 0.2) is 41.3 Å². The van der Waals surface area contributed by atoms with E-state index in [1.54, 1.807) is 11.8 Å². The van der Waals surface area contributed by atoms with Crippen LogP contribution in [0.1, 0.15) is 31.7 Å². The van der Waals surface area contributed by atoms with Gasteiger partial charge < -0.3 is 14.7 Å². The summed E-state index contributed by atoms with van der Waals surface area (Å²) in [5, 5.41) is 11.6. The molecule has 3 atom stereocenters. The second-order valence-corrected chi connectivity index (χ2v) is 8.16. The molecule has 1 N–H and O–H groups in total. The second kappa shape index (κ2) is 8.52. The zero-order valence-corrected chi connectivity index (χ0v) is 16.2. The lowest BCUT2D eigenvalue weighted by molar-refractivity contribution is -0.105. The summed E-state index contributed by atoms with van der Waals surface area (Å²) in [6.45, 7) is 7.37. The molecule has 1 aromatic rings. The summed E-state index contributed by atoms with van der Waals surface area (Å²) in [6, 6.07) is 8.36. The number of rotatable bonds is 7. The van der Waals surface area contributed by atoms with Gasteiger partial charge in [0.25, 0.3) is 0 Å². The van der Waals surface area contributed by atoms with Gasteiger partial charge in [-0.25, -0.2) is 0 Å². The number of aliphatic hydroxyl groups is 1. The smallest absolute Gasteiger partial charge is 0.0939 e. The maximum atomic E-state index is 11.6. The highest BCUT2D eigenvalue weighted by atomic mass is 32.2. The first kappa shape index (κ1) is 19.5. The van der Waals surface area contributed by atoms with Crippen LogP contribution in [0.25, 0.3) is 0 Å². The van der Waals surface area contributed by atoms with E-state index in [2.05, 4.69) is 56.1 Å². The molecule has 1 saturated carbocycles. The highest BCUT2D eigenvalue weighted by Crippen LogP contribution is 2.43. The van der Waals surface area contributed by atoms with Crippen molar-refractivity contribution in [2.24, 2.45) is 5.92 Å². The molecule has 4 heteroatoms. The fourth-order valence-corrected chi connectivity index (χ4v) is 4.02. The van der Waals surface area contributed by atoms with Crippen molar-refractivity contribution in [3.8, 4) is 0 Å². The standard InChI is InChI=1S/C20H31NO2S/c1-15(2)14-23-18-9-10-20(22,17(11-18)13-21(3)4)16-7-6-8-19(12-16)24-5/h6-8,12,17-18,22H,1,9-11,13-14H2,2-5H3. The van der Waals surface area contributed by atoms with E-state index in [0.717, 1.165) is 36.9 Å². The molecule has 1 fully saturated rings. The fourth-order valence-electron chi connectivity index (χ4n) is 3.57. The Balaban J connectivity index is 2.21. The Morgan fingerprint density at radius 3 is 2.83 bits per heavy atom. The van der Waals surface area contributed by atoms with Crippen LogP contribution in [0.3, 0.4) is 0 Å². The van der Waals surface area contributed by atoms with Crippen molar-refractivity contribution in [1.29, 1.82) is 0 Å². The van der Waals surface area contributed by atoms with E-state index < -0.39 is 5.60 Å². The summed E-state index contributed by atoms with van der Waals surface area (Å²) >= 11 is 1.72. The van der Waals surface area contributed by atoms with Gasteiger partial charge in [-0.3, -0.25) is 0 Å². The first-order chi connectivity index (χ1) is 11.3. The Kier molecular flexibility index (Phi) is 6.93. The van der Waals surface area contributed by atoms with Crippen LogP contribution in [-0.2, 0) is 10.3 Å². The second-order valence-electron chi connectivity index (χ2n) is 7.28. The van der Waals surface area contributed by atoms with Gasteiger partial charge in [-0.2, -0.15) is 0 Å². The van der Waals surface area contributed by atoms with Gasteiger partial charge in [0, 0.05) is 17.4 Å². The largest absolute Gasteiger partial charge is 0.385 e. The van der Waals surface area contributed by atoms with Crippen molar-refractivity contribution >= 4 is 11.8 Å². The van der Waals surface area contributed by atoms with Gasteiger partial charge in [-0.1, -0.05) is 24.3 Å². The van der Waals surface area contributed by atoms with E-state index >= 15 is 0 Å². The van der Waals surface area contributed by atoms with Gasteiger partial charge in [0.2, 0.25) is 0 Å². The minimum absolute atomic E-state index is 0.161. The normalized spacial score (nSPS) is 27.4. The Labute approximate surface area is 151 Å². The van der Waals surface area contributed by atoms with Crippen LogP contribution in [-0.4, -0.2) is 49.6 Å². The molecule has 3 nitrogen and oxygen atoms in total. The van der Waals surface area contributed by atoms with E-state index in [1.165, 1.54) is 4.90 Å². The monoisotopic (exact) mass is 349 g/mol.